The molecule has 2 aromatic rings. The van der Waals surface area contributed by atoms with Crippen molar-refractivity contribution in [2.75, 3.05) is 20.8 Å². The number of hydrogen-bond donors (Lipinski definition) is 0. The highest BCUT2D eigenvalue weighted by Crippen LogP contribution is 2.32. The number of rotatable bonds is 9. The highest BCUT2D eigenvalue weighted by molar-refractivity contribution is 5.77. The smallest absolute Gasteiger partial charge is 0.226 e. The van der Waals surface area contributed by atoms with Crippen LogP contribution < -0.4 is 14.2 Å². The van der Waals surface area contributed by atoms with Gasteiger partial charge in [0.15, 0.2) is 0 Å². The van der Waals surface area contributed by atoms with Crippen LogP contribution in [0.5, 0.6) is 17.2 Å². The first-order valence-electron chi connectivity index (χ1n) is 8.99. The molecule has 0 heterocycles. The summed E-state index contributed by atoms with van der Waals surface area (Å²) in [5.41, 5.74) is 0.913. The van der Waals surface area contributed by atoms with Gasteiger partial charge < -0.3 is 19.1 Å². The number of ether oxygens (including phenoxy) is 3. The minimum atomic E-state index is -0.314. The van der Waals surface area contributed by atoms with Crippen molar-refractivity contribution in [1.82, 2.24) is 4.90 Å². The Balaban J connectivity index is 1.61. The Morgan fingerprint density at radius 2 is 1.78 bits per heavy atom. The van der Waals surface area contributed by atoms with Crippen molar-refractivity contribution in [3.8, 4) is 17.2 Å². The first-order chi connectivity index (χ1) is 13.1. The minimum Gasteiger partial charge on any atom is -0.497 e. The molecule has 144 valence electrons. The molecule has 1 aliphatic carbocycles. The van der Waals surface area contributed by atoms with E-state index in [1.807, 2.05) is 23.1 Å². The van der Waals surface area contributed by atoms with Crippen LogP contribution in [0.2, 0.25) is 0 Å². The molecule has 0 N–H and O–H groups in total. The third kappa shape index (κ3) is 5.12. The number of carbonyl (C=O) groups is 1. The van der Waals surface area contributed by atoms with Crippen molar-refractivity contribution < 1.29 is 23.4 Å². The Hall–Kier alpha value is -2.76. The number of carbonyl (C=O) groups excluding carboxylic acids is 1. The lowest BCUT2D eigenvalue weighted by Gasteiger charge is -2.24. The van der Waals surface area contributed by atoms with Crippen LogP contribution in [-0.2, 0) is 11.3 Å². The Morgan fingerprint density at radius 1 is 1.07 bits per heavy atom. The molecule has 27 heavy (non-hydrogen) atoms. The largest absolute Gasteiger partial charge is 0.497 e. The van der Waals surface area contributed by atoms with Crippen molar-refractivity contribution in [3.63, 3.8) is 0 Å². The summed E-state index contributed by atoms with van der Waals surface area (Å²) in [6.07, 6.45) is 2.29. The van der Waals surface area contributed by atoms with E-state index in [1.54, 1.807) is 26.4 Å². The standard InChI is InChI=1S/C21H24FNO4/c1-25-19-9-10-20(26-2)15(13-19)14-23(17-5-6-17)21(24)11-12-27-18-7-3-16(22)4-8-18/h3-4,7-10,13,17H,5-6,11-12,14H2,1-2H3. The molecule has 0 unspecified atom stereocenters. The van der Waals surface area contributed by atoms with E-state index in [2.05, 4.69) is 0 Å². The zero-order chi connectivity index (χ0) is 19.2. The number of halogens is 1. The average Bonchev–Trinajstić information content (AvgIpc) is 3.52. The zero-order valence-corrected chi connectivity index (χ0v) is 15.6. The van der Waals surface area contributed by atoms with E-state index >= 15 is 0 Å². The van der Waals surface area contributed by atoms with Crippen molar-refractivity contribution in [2.45, 2.75) is 31.8 Å². The fourth-order valence-corrected chi connectivity index (χ4v) is 2.93. The van der Waals surface area contributed by atoms with E-state index in [1.165, 1.54) is 12.1 Å². The topological polar surface area (TPSA) is 48.0 Å². The molecule has 1 amide bonds. The molecule has 0 aliphatic heterocycles. The Kier molecular flexibility index (Phi) is 6.16. The third-order valence-electron chi connectivity index (χ3n) is 4.53. The third-order valence-corrected chi connectivity index (χ3v) is 4.53. The molecule has 1 aliphatic rings. The van der Waals surface area contributed by atoms with Gasteiger partial charge in [-0.2, -0.15) is 0 Å². The molecule has 1 fully saturated rings. The SMILES string of the molecule is COc1ccc(OC)c(CN(C(=O)CCOc2ccc(F)cc2)C2CC2)c1. The summed E-state index contributed by atoms with van der Waals surface area (Å²) in [6, 6.07) is 11.6. The molecule has 0 aromatic heterocycles. The summed E-state index contributed by atoms with van der Waals surface area (Å²) in [6.45, 7) is 0.726. The number of amides is 1. The van der Waals surface area contributed by atoms with Crippen molar-refractivity contribution in [3.05, 3.63) is 53.8 Å². The van der Waals surface area contributed by atoms with E-state index in [-0.39, 0.29) is 30.8 Å². The second-order valence-electron chi connectivity index (χ2n) is 6.48. The molecular formula is C21H24FNO4. The van der Waals surface area contributed by atoms with Gasteiger partial charge in [0.25, 0.3) is 0 Å². The van der Waals surface area contributed by atoms with Gasteiger partial charge in [0.1, 0.15) is 23.1 Å². The van der Waals surface area contributed by atoms with E-state index in [4.69, 9.17) is 14.2 Å². The monoisotopic (exact) mass is 373 g/mol. The van der Waals surface area contributed by atoms with Gasteiger partial charge in [-0.3, -0.25) is 4.79 Å². The maximum Gasteiger partial charge on any atom is 0.226 e. The molecule has 1 saturated carbocycles. The van der Waals surface area contributed by atoms with Gasteiger partial charge in [0, 0.05) is 18.2 Å². The van der Waals surface area contributed by atoms with Gasteiger partial charge in [-0.05, 0) is 55.3 Å². The van der Waals surface area contributed by atoms with Crippen molar-refractivity contribution in [2.24, 2.45) is 0 Å². The summed E-state index contributed by atoms with van der Waals surface area (Å²) in [4.78, 5) is 14.6. The molecular weight excluding hydrogens is 349 g/mol. The van der Waals surface area contributed by atoms with E-state index < -0.39 is 0 Å². The number of nitrogens with zero attached hydrogens (tertiary/aromatic N) is 1. The molecule has 2 aromatic carbocycles. The lowest BCUT2D eigenvalue weighted by atomic mass is 10.1. The van der Waals surface area contributed by atoms with Crippen LogP contribution in [0.25, 0.3) is 0 Å². The maximum absolute atomic E-state index is 12.9. The quantitative estimate of drug-likeness (QED) is 0.671. The van der Waals surface area contributed by atoms with E-state index in [9.17, 15) is 9.18 Å². The lowest BCUT2D eigenvalue weighted by molar-refractivity contribution is -0.133. The summed E-state index contributed by atoms with van der Waals surface area (Å²) < 4.78 is 29.2. The Bertz CT molecular complexity index is 774. The first-order valence-corrected chi connectivity index (χ1v) is 8.99. The summed E-state index contributed by atoms with van der Waals surface area (Å²) in [5.74, 6) is 1.73. The minimum absolute atomic E-state index is 0.0319. The predicted octanol–water partition coefficient (Wildman–Crippen LogP) is 3.80. The van der Waals surface area contributed by atoms with Gasteiger partial charge in [-0.1, -0.05) is 0 Å². The number of benzene rings is 2. The molecule has 3 rings (SSSR count). The lowest BCUT2D eigenvalue weighted by Crippen LogP contribution is -2.33. The normalized spacial score (nSPS) is 13.1. The molecule has 5 nitrogen and oxygen atoms in total. The van der Waals surface area contributed by atoms with Crippen LogP contribution >= 0.6 is 0 Å². The van der Waals surface area contributed by atoms with Gasteiger partial charge in [0.2, 0.25) is 5.91 Å². The van der Waals surface area contributed by atoms with Crippen LogP contribution in [-0.4, -0.2) is 37.7 Å². The van der Waals surface area contributed by atoms with E-state index in [0.29, 0.717) is 12.3 Å². The zero-order valence-electron chi connectivity index (χ0n) is 15.6. The summed E-state index contributed by atoms with van der Waals surface area (Å²) >= 11 is 0. The van der Waals surface area contributed by atoms with Gasteiger partial charge in [-0.15, -0.1) is 0 Å². The molecule has 0 atom stereocenters. The first kappa shape index (κ1) is 19.0. The van der Waals surface area contributed by atoms with Crippen molar-refractivity contribution in [1.29, 1.82) is 0 Å². The predicted molar refractivity (Wildman–Crippen MR) is 99.6 cm³/mol. The Morgan fingerprint density at radius 3 is 2.41 bits per heavy atom. The second-order valence-corrected chi connectivity index (χ2v) is 6.48. The van der Waals surface area contributed by atoms with Gasteiger partial charge in [0.05, 0.1) is 27.2 Å². The van der Waals surface area contributed by atoms with Crippen LogP contribution in [0.1, 0.15) is 24.8 Å². The number of hydrogen-bond acceptors (Lipinski definition) is 4. The highest BCUT2D eigenvalue weighted by Gasteiger charge is 2.33. The molecule has 6 heteroatoms. The maximum atomic E-state index is 12.9. The molecule has 0 bridgehead atoms. The molecule has 0 radical (unpaired) electrons. The second kappa shape index (κ2) is 8.75. The van der Waals surface area contributed by atoms with Gasteiger partial charge in [-0.25, -0.2) is 4.39 Å². The molecule has 0 spiro atoms. The van der Waals surface area contributed by atoms with Gasteiger partial charge >= 0.3 is 0 Å². The fourth-order valence-electron chi connectivity index (χ4n) is 2.93. The summed E-state index contributed by atoms with van der Waals surface area (Å²) in [5, 5.41) is 0. The van der Waals surface area contributed by atoms with Crippen LogP contribution in [0.3, 0.4) is 0 Å². The average molecular weight is 373 g/mol. The molecule has 0 saturated heterocycles. The van der Waals surface area contributed by atoms with Crippen LogP contribution in [0, 0.1) is 5.82 Å². The highest BCUT2D eigenvalue weighted by atomic mass is 19.1. The Labute approximate surface area is 158 Å². The van der Waals surface area contributed by atoms with E-state index in [0.717, 1.165) is 29.9 Å². The van der Waals surface area contributed by atoms with Crippen LogP contribution in [0.15, 0.2) is 42.5 Å². The fraction of sp³-hybridized carbons (Fsp3) is 0.381. The summed E-state index contributed by atoms with van der Waals surface area (Å²) in [7, 11) is 3.23. The number of methoxy groups -OCH3 is 2. The van der Waals surface area contributed by atoms with Crippen molar-refractivity contribution >= 4 is 5.91 Å². The van der Waals surface area contributed by atoms with Crippen LogP contribution in [0.4, 0.5) is 4.39 Å².